The van der Waals surface area contributed by atoms with Crippen LogP contribution in [0.25, 0.3) is 0 Å². The molecule has 0 atom stereocenters. The summed E-state index contributed by atoms with van der Waals surface area (Å²) in [5, 5.41) is 0. The first-order chi connectivity index (χ1) is 4.41. The van der Waals surface area contributed by atoms with Gasteiger partial charge in [-0.2, -0.15) is 0 Å². The molecule has 1 heteroatoms. The Balaban J connectivity index is -0.0000000303. The van der Waals surface area contributed by atoms with Crippen molar-refractivity contribution >= 4 is 24.0 Å². The maximum Gasteiger partial charge on any atom is -0.0533 e. The van der Waals surface area contributed by atoms with Gasteiger partial charge in [0.15, 0.2) is 0 Å². The maximum absolute atomic E-state index is 2.25. The van der Waals surface area contributed by atoms with Gasteiger partial charge < -0.3 is 0 Å². The first-order valence-corrected chi connectivity index (χ1v) is 4.41. The molecule has 0 rings (SSSR count). The minimum absolute atomic E-state index is 0. The van der Waals surface area contributed by atoms with Crippen LogP contribution in [0.4, 0.5) is 0 Å². The van der Waals surface area contributed by atoms with Gasteiger partial charge in [0, 0.05) is 0 Å². The van der Waals surface area contributed by atoms with E-state index in [1.807, 2.05) is 13.8 Å². The molecule has 0 aromatic rings. The molecule has 0 aliphatic carbocycles. The van der Waals surface area contributed by atoms with E-state index in [0.29, 0.717) is 0 Å². The lowest BCUT2D eigenvalue weighted by atomic mass is 10.2. The second-order valence-corrected chi connectivity index (χ2v) is 2.06. The summed E-state index contributed by atoms with van der Waals surface area (Å²) in [4.78, 5) is 0. The molecule has 0 aromatic carbocycles. The molecular formula is C11H31I. The van der Waals surface area contributed by atoms with Crippen molar-refractivity contribution in [1.82, 2.24) is 0 Å². The van der Waals surface area contributed by atoms with E-state index in [-0.39, 0.29) is 38.8 Å². The van der Waals surface area contributed by atoms with E-state index in [2.05, 4.69) is 13.8 Å². The molecule has 0 saturated carbocycles. The largest absolute Gasteiger partial charge is 0.107 e. The van der Waals surface area contributed by atoms with Gasteiger partial charge in [-0.1, -0.05) is 74.7 Å². The molecule has 0 heterocycles. The molecule has 82 valence electrons. The van der Waals surface area contributed by atoms with E-state index in [0.717, 1.165) is 0 Å². The van der Waals surface area contributed by atoms with Crippen LogP contribution in [-0.2, 0) is 0 Å². The van der Waals surface area contributed by atoms with Gasteiger partial charge in [0.1, 0.15) is 0 Å². The smallest absolute Gasteiger partial charge is 0.0533 e. The molecule has 0 N–H and O–H groups in total. The van der Waals surface area contributed by atoms with E-state index in [4.69, 9.17) is 0 Å². The fourth-order valence-corrected chi connectivity index (χ4v) is 0.677. The number of rotatable bonds is 4. The van der Waals surface area contributed by atoms with Crippen LogP contribution in [0.1, 0.15) is 74.7 Å². The highest BCUT2D eigenvalue weighted by Crippen LogP contribution is 2.00. The third-order valence-electron chi connectivity index (χ3n) is 1.21. The standard InChI is InChI=1S/C7H16.C2H6.2CH4.HI/c1-3-5-7-6-4-2;1-2;;;/h3-7H2,1-2H3;1-2H3;2*1H4;1H. The lowest BCUT2D eigenvalue weighted by Gasteiger charge is -1.90. The molecular weight excluding hydrogens is 259 g/mol. The first-order valence-electron chi connectivity index (χ1n) is 4.41. The summed E-state index contributed by atoms with van der Waals surface area (Å²) < 4.78 is 0. The summed E-state index contributed by atoms with van der Waals surface area (Å²) >= 11 is 0. The number of hydrogen-bond acceptors (Lipinski definition) is 0. The predicted molar refractivity (Wildman–Crippen MR) is 74.7 cm³/mol. The van der Waals surface area contributed by atoms with Gasteiger partial charge >= 0.3 is 0 Å². The molecule has 0 aliphatic rings. The molecule has 0 saturated heterocycles. The third-order valence-corrected chi connectivity index (χ3v) is 1.21. The fraction of sp³-hybridized carbons (Fsp3) is 1.00. The highest BCUT2D eigenvalue weighted by atomic mass is 127. The van der Waals surface area contributed by atoms with Crippen LogP contribution in [-0.4, -0.2) is 0 Å². The van der Waals surface area contributed by atoms with Crippen molar-refractivity contribution in [3.63, 3.8) is 0 Å². The lowest BCUT2D eigenvalue weighted by molar-refractivity contribution is 0.656. The minimum atomic E-state index is 0. The molecule has 0 fully saturated rings. The zero-order chi connectivity index (χ0) is 7.54. The van der Waals surface area contributed by atoms with Gasteiger partial charge in [-0.3, -0.25) is 0 Å². The van der Waals surface area contributed by atoms with E-state index in [9.17, 15) is 0 Å². The number of halogens is 1. The van der Waals surface area contributed by atoms with Crippen LogP contribution in [0.15, 0.2) is 0 Å². The summed E-state index contributed by atoms with van der Waals surface area (Å²) in [6, 6.07) is 0. The number of hydrogen-bond donors (Lipinski definition) is 0. The fourth-order valence-electron chi connectivity index (χ4n) is 0.677. The van der Waals surface area contributed by atoms with E-state index >= 15 is 0 Å². The van der Waals surface area contributed by atoms with Gasteiger partial charge in [-0.05, 0) is 0 Å². The summed E-state index contributed by atoms with van der Waals surface area (Å²) in [5.41, 5.74) is 0. The quantitative estimate of drug-likeness (QED) is 0.447. The molecule has 0 bridgehead atoms. The van der Waals surface area contributed by atoms with Gasteiger partial charge in [-0.15, -0.1) is 24.0 Å². The van der Waals surface area contributed by atoms with Crippen molar-refractivity contribution < 1.29 is 0 Å². The molecule has 0 amide bonds. The second-order valence-electron chi connectivity index (χ2n) is 2.06. The Hall–Kier alpha value is 0.730. The Morgan fingerprint density at radius 2 is 0.917 bits per heavy atom. The van der Waals surface area contributed by atoms with Crippen molar-refractivity contribution in [1.29, 1.82) is 0 Å². The first kappa shape index (κ1) is 29.3. The molecule has 0 spiro atoms. The van der Waals surface area contributed by atoms with Gasteiger partial charge in [0.05, 0.1) is 0 Å². The summed E-state index contributed by atoms with van der Waals surface area (Å²) in [7, 11) is 0. The van der Waals surface area contributed by atoms with E-state index < -0.39 is 0 Å². The molecule has 0 nitrogen and oxygen atoms in total. The van der Waals surface area contributed by atoms with Crippen LogP contribution in [0.2, 0.25) is 0 Å². The molecule has 0 aromatic heterocycles. The SMILES string of the molecule is C.C.CC.CCCCCCC.I. The Bertz CT molecular complexity index is 24.2. The van der Waals surface area contributed by atoms with Crippen LogP contribution in [0.5, 0.6) is 0 Å². The van der Waals surface area contributed by atoms with Crippen LogP contribution in [0, 0.1) is 0 Å². The predicted octanol–water partition coefficient (Wildman–Crippen LogP) is 5.89. The van der Waals surface area contributed by atoms with Crippen molar-refractivity contribution in [2.75, 3.05) is 0 Å². The monoisotopic (exact) mass is 290 g/mol. The van der Waals surface area contributed by atoms with Crippen molar-refractivity contribution in [2.45, 2.75) is 74.7 Å². The van der Waals surface area contributed by atoms with Crippen LogP contribution < -0.4 is 0 Å². The van der Waals surface area contributed by atoms with Gasteiger partial charge in [0.25, 0.3) is 0 Å². The zero-order valence-corrected chi connectivity index (χ0v) is 10.3. The van der Waals surface area contributed by atoms with Crippen molar-refractivity contribution in [2.24, 2.45) is 0 Å². The van der Waals surface area contributed by atoms with E-state index in [1.165, 1.54) is 32.1 Å². The second kappa shape index (κ2) is 41.1. The molecule has 0 unspecified atom stereocenters. The summed E-state index contributed by atoms with van der Waals surface area (Å²) in [6.45, 7) is 8.49. The number of unbranched alkanes of at least 4 members (excludes halogenated alkanes) is 4. The van der Waals surface area contributed by atoms with Crippen molar-refractivity contribution in [3.8, 4) is 0 Å². The van der Waals surface area contributed by atoms with E-state index in [1.54, 1.807) is 0 Å². The molecule has 0 aliphatic heterocycles. The Morgan fingerprint density at radius 1 is 0.667 bits per heavy atom. The van der Waals surface area contributed by atoms with Crippen molar-refractivity contribution in [3.05, 3.63) is 0 Å². The topological polar surface area (TPSA) is 0 Å². The van der Waals surface area contributed by atoms with Gasteiger partial charge in [0.2, 0.25) is 0 Å². The Morgan fingerprint density at radius 3 is 1.08 bits per heavy atom. The highest BCUT2D eigenvalue weighted by Gasteiger charge is 1.80. The average molecular weight is 290 g/mol. The maximum atomic E-state index is 2.25. The van der Waals surface area contributed by atoms with Crippen LogP contribution in [0.3, 0.4) is 0 Å². The van der Waals surface area contributed by atoms with Crippen LogP contribution >= 0.6 is 24.0 Å². The summed E-state index contributed by atoms with van der Waals surface area (Å²) in [6.07, 6.45) is 7.01. The highest BCUT2D eigenvalue weighted by molar-refractivity contribution is 14.0. The zero-order valence-electron chi connectivity index (χ0n) is 7.94. The lowest BCUT2D eigenvalue weighted by Crippen LogP contribution is -1.70. The minimum Gasteiger partial charge on any atom is -0.107 e. The molecule has 12 heavy (non-hydrogen) atoms. The third kappa shape index (κ3) is 45.4. The average Bonchev–Trinajstić information content (AvgIpc) is 1.94. The normalized spacial score (nSPS) is 6.00. The Kier molecular flexibility index (Phi) is 100. The molecule has 0 radical (unpaired) electrons. The summed E-state index contributed by atoms with van der Waals surface area (Å²) in [5.74, 6) is 0. The Labute approximate surface area is 98.5 Å². The van der Waals surface area contributed by atoms with Gasteiger partial charge in [-0.25, -0.2) is 0 Å².